The fourth-order valence-corrected chi connectivity index (χ4v) is 2.05. The molecule has 0 heterocycles. The predicted octanol–water partition coefficient (Wildman–Crippen LogP) is 4.08. The monoisotopic (exact) mass is 213 g/mol. The minimum Gasteiger partial charge on any atom is -0.317 e. The van der Waals surface area contributed by atoms with Crippen LogP contribution in [0.1, 0.15) is 60.3 Å². The quantitative estimate of drug-likeness (QED) is 0.640. The Hall–Kier alpha value is -0.0400. The van der Waals surface area contributed by atoms with E-state index in [0.717, 1.165) is 17.8 Å². The van der Waals surface area contributed by atoms with Gasteiger partial charge in [0.05, 0.1) is 0 Å². The van der Waals surface area contributed by atoms with E-state index < -0.39 is 0 Å². The fourth-order valence-electron chi connectivity index (χ4n) is 2.05. The molecule has 0 saturated carbocycles. The normalized spacial score (nSPS) is 17.8. The summed E-state index contributed by atoms with van der Waals surface area (Å²) in [4.78, 5) is 0. The molecule has 0 amide bonds. The molecule has 0 aromatic carbocycles. The third-order valence-electron chi connectivity index (χ3n) is 3.68. The first-order valence-corrected chi connectivity index (χ1v) is 6.68. The van der Waals surface area contributed by atoms with Gasteiger partial charge in [0, 0.05) is 6.04 Å². The fraction of sp³-hybridized carbons (Fsp3) is 1.00. The first-order valence-electron chi connectivity index (χ1n) is 6.68. The van der Waals surface area contributed by atoms with Crippen molar-refractivity contribution in [3.05, 3.63) is 0 Å². The van der Waals surface area contributed by atoms with Crippen molar-refractivity contribution in [2.75, 3.05) is 7.05 Å². The largest absolute Gasteiger partial charge is 0.317 e. The Labute approximate surface area is 97.0 Å². The Bertz CT molecular complexity index is 142. The van der Waals surface area contributed by atoms with E-state index in [2.05, 4.69) is 47.0 Å². The van der Waals surface area contributed by atoms with Crippen molar-refractivity contribution in [2.24, 2.45) is 17.8 Å². The van der Waals surface area contributed by atoms with Gasteiger partial charge < -0.3 is 5.32 Å². The van der Waals surface area contributed by atoms with Crippen LogP contribution < -0.4 is 5.32 Å². The van der Waals surface area contributed by atoms with Crippen molar-refractivity contribution in [2.45, 2.75) is 66.3 Å². The van der Waals surface area contributed by atoms with E-state index in [4.69, 9.17) is 0 Å². The van der Waals surface area contributed by atoms with Gasteiger partial charge in [0.15, 0.2) is 0 Å². The van der Waals surface area contributed by atoms with E-state index in [1.54, 1.807) is 0 Å². The minimum atomic E-state index is 0.692. The molecule has 0 radical (unpaired) electrons. The van der Waals surface area contributed by atoms with Crippen LogP contribution in [0.4, 0.5) is 0 Å². The van der Waals surface area contributed by atoms with Crippen LogP contribution in [0.5, 0.6) is 0 Å². The lowest BCUT2D eigenvalue weighted by molar-refractivity contribution is 0.318. The van der Waals surface area contributed by atoms with Crippen LogP contribution in [0.15, 0.2) is 0 Å². The average molecular weight is 213 g/mol. The van der Waals surface area contributed by atoms with Gasteiger partial charge >= 0.3 is 0 Å². The summed E-state index contributed by atoms with van der Waals surface area (Å²) >= 11 is 0. The lowest BCUT2D eigenvalue weighted by Crippen LogP contribution is -2.32. The zero-order valence-corrected chi connectivity index (χ0v) is 11.6. The molecule has 0 aliphatic heterocycles. The van der Waals surface area contributed by atoms with Crippen LogP contribution in [-0.4, -0.2) is 13.1 Å². The molecule has 0 aliphatic carbocycles. The molecule has 0 spiro atoms. The Kier molecular flexibility index (Phi) is 8.13. The summed E-state index contributed by atoms with van der Waals surface area (Å²) in [5.41, 5.74) is 0. The highest BCUT2D eigenvalue weighted by molar-refractivity contribution is 4.71. The van der Waals surface area contributed by atoms with Gasteiger partial charge in [0.25, 0.3) is 0 Å². The SMILES string of the molecule is CCC(C)CCC(C)CC(NC)C(C)C. The van der Waals surface area contributed by atoms with Crippen LogP contribution in [0.3, 0.4) is 0 Å². The Morgan fingerprint density at radius 1 is 0.933 bits per heavy atom. The first kappa shape index (κ1) is 15.0. The second kappa shape index (κ2) is 8.15. The van der Waals surface area contributed by atoms with Gasteiger partial charge in [0.2, 0.25) is 0 Å². The maximum atomic E-state index is 3.43. The van der Waals surface area contributed by atoms with E-state index in [-0.39, 0.29) is 0 Å². The second-order valence-corrected chi connectivity index (χ2v) is 5.57. The van der Waals surface area contributed by atoms with Crippen molar-refractivity contribution < 1.29 is 0 Å². The molecule has 1 N–H and O–H groups in total. The Morgan fingerprint density at radius 3 is 1.87 bits per heavy atom. The van der Waals surface area contributed by atoms with Crippen LogP contribution in [0, 0.1) is 17.8 Å². The minimum absolute atomic E-state index is 0.692. The predicted molar refractivity (Wildman–Crippen MR) is 70.2 cm³/mol. The van der Waals surface area contributed by atoms with E-state index in [0.29, 0.717) is 6.04 Å². The molecule has 0 saturated heterocycles. The summed E-state index contributed by atoms with van der Waals surface area (Å²) in [6.45, 7) is 11.7. The molecule has 0 aliphatic rings. The smallest absolute Gasteiger partial charge is 0.00895 e. The summed E-state index contributed by atoms with van der Waals surface area (Å²) in [6.07, 6.45) is 5.43. The summed E-state index contributed by atoms with van der Waals surface area (Å²) in [7, 11) is 2.09. The summed E-state index contributed by atoms with van der Waals surface area (Å²) in [5.74, 6) is 2.51. The molecular formula is C14H31N. The zero-order chi connectivity index (χ0) is 11.8. The average Bonchev–Trinajstić information content (AvgIpc) is 2.21. The molecule has 92 valence electrons. The summed E-state index contributed by atoms with van der Waals surface area (Å²) in [6, 6.07) is 0.692. The molecule has 3 atom stereocenters. The standard InChI is InChI=1S/C14H31N/c1-7-12(4)8-9-13(5)10-14(15-6)11(2)3/h11-15H,7-10H2,1-6H3. The Morgan fingerprint density at radius 2 is 1.47 bits per heavy atom. The number of hydrogen-bond acceptors (Lipinski definition) is 1. The highest BCUT2D eigenvalue weighted by Crippen LogP contribution is 2.20. The maximum absolute atomic E-state index is 3.43. The van der Waals surface area contributed by atoms with Crippen molar-refractivity contribution in [1.82, 2.24) is 5.32 Å². The molecule has 15 heavy (non-hydrogen) atoms. The van der Waals surface area contributed by atoms with E-state index >= 15 is 0 Å². The highest BCUT2D eigenvalue weighted by Gasteiger charge is 2.15. The Balaban J connectivity index is 3.75. The number of hydrogen-bond donors (Lipinski definition) is 1. The zero-order valence-electron chi connectivity index (χ0n) is 11.6. The number of nitrogens with one attached hydrogen (secondary N) is 1. The van der Waals surface area contributed by atoms with Crippen LogP contribution in [0.2, 0.25) is 0 Å². The van der Waals surface area contributed by atoms with Gasteiger partial charge in [-0.05, 0) is 31.2 Å². The molecule has 1 nitrogen and oxygen atoms in total. The molecule has 0 fully saturated rings. The van der Waals surface area contributed by atoms with Gasteiger partial charge in [-0.3, -0.25) is 0 Å². The van der Waals surface area contributed by atoms with E-state index in [1.807, 2.05) is 0 Å². The van der Waals surface area contributed by atoms with Gasteiger partial charge in [0.1, 0.15) is 0 Å². The van der Waals surface area contributed by atoms with Crippen LogP contribution >= 0.6 is 0 Å². The topological polar surface area (TPSA) is 12.0 Å². The lowest BCUT2D eigenvalue weighted by atomic mass is 9.88. The van der Waals surface area contributed by atoms with Crippen molar-refractivity contribution in [3.63, 3.8) is 0 Å². The van der Waals surface area contributed by atoms with Crippen molar-refractivity contribution in [1.29, 1.82) is 0 Å². The van der Waals surface area contributed by atoms with Gasteiger partial charge in [-0.1, -0.05) is 53.9 Å². The summed E-state index contributed by atoms with van der Waals surface area (Å²) in [5, 5.41) is 3.43. The molecule has 0 bridgehead atoms. The van der Waals surface area contributed by atoms with Gasteiger partial charge in [-0.25, -0.2) is 0 Å². The lowest BCUT2D eigenvalue weighted by Gasteiger charge is -2.24. The maximum Gasteiger partial charge on any atom is 0.00895 e. The van der Waals surface area contributed by atoms with Crippen molar-refractivity contribution >= 4 is 0 Å². The van der Waals surface area contributed by atoms with Gasteiger partial charge in [-0.2, -0.15) is 0 Å². The molecule has 3 unspecified atom stereocenters. The summed E-state index contributed by atoms with van der Waals surface area (Å²) < 4.78 is 0. The molecule has 0 aromatic heterocycles. The number of rotatable bonds is 8. The second-order valence-electron chi connectivity index (χ2n) is 5.57. The van der Waals surface area contributed by atoms with Crippen molar-refractivity contribution in [3.8, 4) is 0 Å². The van der Waals surface area contributed by atoms with Crippen LogP contribution in [0.25, 0.3) is 0 Å². The first-order chi connectivity index (χ1) is 7.01. The molecule has 0 aromatic rings. The van der Waals surface area contributed by atoms with Gasteiger partial charge in [-0.15, -0.1) is 0 Å². The molecule has 0 rings (SSSR count). The molecule has 1 heteroatoms. The van der Waals surface area contributed by atoms with E-state index in [9.17, 15) is 0 Å². The van der Waals surface area contributed by atoms with E-state index in [1.165, 1.54) is 25.7 Å². The third-order valence-corrected chi connectivity index (χ3v) is 3.68. The molecular weight excluding hydrogens is 182 g/mol. The highest BCUT2D eigenvalue weighted by atomic mass is 14.9. The third kappa shape index (κ3) is 6.94. The van der Waals surface area contributed by atoms with Crippen LogP contribution in [-0.2, 0) is 0 Å².